The molecule has 0 amide bonds. The molecule has 3 heterocycles. The lowest BCUT2D eigenvalue weighted by Gasteiger charge is -2.40. The van der Waals surface area contributed by atoms with E-state index in [9.17, 15) is 22.1 Å². The molecule has 0 spiro atoms. The first-order valence-electron chi connectivity index (χ1n) is 12.5. The number of anilines is 1. The summed E-state index contributed by atoms with van der Waals surface area (Å²) in [6.45, 7) is 0.916. The lowest BCUT2D eigenvalue weighted by molar-refractivity contribution is 0.302. The Bertz CT molecular complexity index is 1800. The summed E-state index contributed by atoms with van der Waals surface area (Å²) in [5.41, 5.74) is 3.91. The van der Waals surface area contributed by atoms with E-state index < -0.39 is 25.9 Å². The lowest BCUT2D eigenvalue weighted by atomic mass is 9.95. The fraction of sp³-hybridized carbons (Fsp3) is 0.296. The number of nitriles is 1. The molecule has 0 bridgehead atoms. The molecule has 2 aromatic heterocycles. The zero-order valence-corrected chi connectivity index (χ0v) is 24.0. The van der Waals surface area contributed by atoms with Gasteiger partial charge in [-0.2, -0.15) is 14.7 Å². The fourth-order valence-corrected chi connectivity index (χ4v) is 7.19. The SMILES string of the molecule is Cn1cc(S(=O)(=O)N(Cc2ccc(S(C)(=O)=O)cc2)C2Cc3cc(C#N)ccc3N(Cc3cncn3C)C2)cn1. The van der Waals surface area contributed by atoms with Crippen LogP contribution in [0.15, 0.2) is 77.2 Å². The molecule has 2 aromatic carbocycles. The minimum atomic E-state index is -4.01. The lowest BCUT2D eigenvalue weighted by Crippen LogP contribution is -2.50. The molecular formula is C27H29N7O4S2. The van der Waals surface area contributed by atoms with Crippen molar-refractivity contribution in [2.24, 2.45) is 14.1 Å². The van der Waals surface area contributed by atoms with Crippen LogP contribution >= 0.6 is 0 Å². The highest BCUT2D eigenvalue weighted by atomic mass is 32.2. The zero-order chi connectivity index (χ0) is 28.7. The van der Waals surface area contributed by atoms with Gasteiger partial charge in [0, 0.05) is 57.6 Å². The fourth-order valence-electron chi connectivity index (χ4n) is 4.97. The Hall–Kier alpha value is -3.99. The monoisotopic (exact) mass is 579 g/mol. The second kappa shape index (κ2) is 10.5. The molecular weight excluding hydrogens is 550 g/mol. The minimum Gasteiger partial charge on any atom is -0.364 e. The van der Waals surface area contributed by atoms with E-state index in [2.05, 4.69) is 21.1 Å². The molecule has 0 fully saturated rings. The smallest absolute Gasteiger partial charge is 0.246 e. The van der Waals surface area contributed by atoms with Gasteiger partial charge in [-0.3, -0.25) is 4.68 Å². The van der Waals surface area contributed by atoms with Crippen molar-refractivity contribution < 1.29 is 16.8 Å². The van der Waals surface area contributed by atoms with Crippen molar-refractivity contribution in [2.45, 2.75) is 35.3 Å². The van der Waals surface area contributed by atoms with Crippen molar-refractivity contribution in [2.75, 3.05) is 17.7 Å². The molecule has 40 heavy (non-hydrogen) atoms. The van der Waals surface area contributed by atoms with Crippen LogP contribution in [-0.2, 0) is 53.5 Å². The molecule has 11 nitrogen and oxygen atoms in total. The van der Waals surface area contributed by atoms with Crippen molar-refractivity contribution >= 4 is 25.5 Å². The number of aryl methyl sites for hydroxylation is 2. The molecule has 4 aromatic rings. The number of hydrogen-bond acceptors (Lipinski definition) is 8. The predicted molar refractivity (Wildman–Crippen MR) is 148 cm³/mol. The molecule has 1 aliphatic rings. The van der Waals surface area contributed by atoms with Gasteiger partial charge in [0.05, 0.1) is 41.3 Å². The van der Waals surface area contributed by atoms with Crippen molar-refractivity contribution in [1.82, 2.24) is 23.6 Å². The minimum absolute atomic E-state index is 0.0265. The van der Waals surface area contributed by atoms with Crippen LogP contribution in [0.2, 0.25) is 0 Å². The second-order valence-corrected chi connectivity index (χ2v) is 13.9. The van der Waals surface area contributed by atoms with Gasteiger partial charge >= 0.3 is 0 Å². The summed E-state index contributed by atoms with van der Waals surface area (Å²) in [6, 6.07) is 13.4. The third-order valence-electron chi connectivity index (χ3n) is 7.09. The van der Waals surface area contributed by atoms with E-state index in [1.54, 1.807) is 37.8 Å². The largest absolute Gasteiger partial charge is 0.364 e. The highest BCUT2D eigenvalue weighted by molar-refractivity contribution is 7.90. The Morgan fingerprint density at radius 2 is 1.80 bits per heavy atom. The number of sulfonamides is 1. The number of aromatic nitrogens is 4. The maximum atomic E-state index is 14.1. The van der Waals surface area contributed by atoms with Gasteiger partial charge in [-0.15, -0.1) is 0 Å². The highest BCUT2D eigenvalue weighted by Crippen LogP contribution is 2.34. The Balaban J connectivity index is 1.57. The van der Waals surface area contributed by atoms with Crippen LogP contribution in [0, 0.1) is 11.3 Å². The van der Waals surface area contributed by atoms with E-state index >= 15 is 0 Å². The van der Waals surface area contributed by atoms with E-state index in [0.29, 0.717) is 30.6 Å². The third-order valence-corrected chi connectivity index (χ3v) is 10.1. The number of fused-ring (bicyclic) bond motifs is 1. The number of nitrogens with zero attached hydrogens (tertiary/aromatic N) is 7. The van der Waals surface area contributed by atoms with Gasteiger partial charge in [-0.1, -0.05) is 12.1 Å². The van der Waals surface area contributed by atoms with Gasteiger partial charge in [0.25, 0.3) is 0 Å². The molecule has 1 unspecified atom stereocenters. The number of hydrogen-bond donors (Lipinski definition) is 0. The van der Waals surface area contributed by atoms with Crippen LogP contribution in [0.25, 0.3) is 0 Å². The zero-order valence-electron chi connectivity index (χ0n) is 22.3. The first kappa shape index (κ1) is 27.6. The first-order valence-corrected chi connectivity index (χ1v) is 15.8. The van der Waals surface area contributed by atoms with Crippen molar-refractivity contribution in [1.29, 1.82) is 5.26 Å². The second-order valence-electron chi connectivity index (χ2n) is 10.0. The standard InChI is InChI=1S/C27H29N7O4S2/c1-31-19-29-13-24(31)17-33-16-23(11-22-10-21(12-28)6-9-27(22)33)34(40(37,38)26-14-30-32(2)18-26)15-20-4-7-25(8-5-20)39(3,35)36/h4-10,13-14,18-19,23H,11,15-17H2,1-3H3. The average Bonchev–Trinajstić information content (AvgIpc) is 3.54. The van der Waals surface area contributed by atoms with Crippen LogP contribution in [0.3, 0.4) is 0 Å². The van der Waals surface area contributed by atoms with Crippen molar-refractivity contribution in [3.63, 3.8) is 0 Å². The maximum absolute atomic E-state index is 14.1. The maximum Gasteiger partial charge on any atom is 0.246 e. The predicted octanol–water partition coefficient (Wildman–Crippen LogP) is 2.25. The summed E-state index contributed by atoms with van der Waals surface area (Å²) in [6.07, 6.45) is 7.82. The van der Waals surface area contributed by atoms with E-state index in [-0.39, 0.29) is 16.3 Å². The van der Waals surface area contributed by atoms with Gasteiger partial charge in [-0.25, -0.2) is 21.8 Å². The third kappa shape index (κ3) is 5.51. The van der Waals surface area contributed by atoms with Crippen molar-refractivity contribution in [3.8, 4) is 6.07 Å². The van der Waals surface area contributed by atoms with Gasteiger partial charge < -0.3 is 9.47 Å². The summed E-state index contributed by atoms with van der Waals surface area (Å²) < 4.78 is 56.9. The average molecular weight is 580 g/mol. The van der Waals surface area contributed by atoms with Gasteiger partial charge in [0.15, 0.2) is 9.84 Å². The molecule has 13 heteroatoms. The number of rotatable bonds is 8. The molecule has 0 aliphatic carbocycles. The topological polar surface area (TPSA) is 134 Å². The quantitative estimate of drug-likeness (QED) is 0.310. The van der Waals surface area contributed by atoms with E-state index in [4.69, 9.17) is 0 Å². The first-order chi connectivity index (χ1) is 19.0. The van der Waals surface area contributed by atoms with Gasteiger partial charge in [-0.05, 0) is 47.9 Å². The van der Waals surface area contributed by atoms with Gasteiger partial charge in [0.1, 0.15) is 4.90 Å². The summed E-state index contributed by atoms with van der Waals surface area (Å²) in [4.78, 5) is 6.56. The molecule has 0 radical (unpaired) electrons. The number of sulfone groups is 1. The molecule has 0 saturated carbocycles. The van der Waals surface area contributed by atoms with E-state index in [1.807, 2.05) is 23.7 Å². The molecule has 0 saturated heterocycles. The van der Waals surface area contributed by atoms with Crippen molar-refractivity contribution in [3.05, 3.63) is 89.8 Å². The van der Waals surface area contributed by atoms with E-state index in [1.165, 1.54) is 33.5 Å². The van der Waals surface area contributed by atoms with Crippen LogP contribution < -0.4 is 4.90 Å². The highest BCUT2D eigenvalue weighted by Gasteiger charge is 2.37. The summed E-state index contributed by atoms with van der Waals surface area (Å²) >= 11 is 0. The molecule has 1 atom stereocenters. The van der Waals surface area contributed by atoms with Gasteiger partial charge in [0.2, 0.25) is 10.0 Å². The Labute approximate surface area is 233 Å². The summed E-state index contributed by atoms with van der Waals surface area (Å²) in [7, 11) is -3.84. The Morgan fingerprint density at radius 1 is 1.05 bits per heavy atom. The summed E-state index contributed by atoms with van der Waals surface area (Å²) in [5.74, 6) is 0. The van der Waals surface area contributed by atoms with Crippen LogP contribution in [-0.4, -0.2) is 59.3 Å². The van der Waals surface area contributed by atoms with Crippen LogP contribution in [0.4, 0.5) is 5.69 Å². The molecule has 1 aliphatic heterocycles. The van der Waals surface area contributed by atoms with E-state index in [0.717, 1.165) is 23.2 Å². The molecule has 0 N–H and O–H groups in total. The summed E-state index contributed by atoms with van der Waals surface area (Å²) in [5, 5.41) is 13.6. The number of imidazole rings is 1. The van der Waals surface area contributed by atoms with Crippen LogP contribution in [0.1, 0.15) is 22.4 Å². The normalized spacial score (nSPS) is 15.7. The molecule has 5 rings (SSSR count). The number of benzene rings is 2. The Morgan fingerprint density at radius 3 is 2.40 bits per heavy atom. The molecule has 208 valence electrons. The van der Waals surface area contributed by atoms with Crippen LogP contribution in [0.5, 0.6) is 0 Å². The Kier molecular flexibility index (Phi) is 7.26.